The lowest BCUT2D eigenvalue weighted by Gasteiger charge is -2.04. The lowest BCUT2D eigenvalue weighted by atomic mass is 10.2. The third-order valence-electron chi connectivity index (χ3n) is 2.05. The Hall–Kier alpha value is -2.30. The van der Waals surface area contributed by atoms with E-state index in [2.05, 4.69) is 10.1 Å². The number of rotatable bonds is 5. The van der Waals surface area contributed by atoms with Gasteiger partial charge in [-0.05, 0) is 23.8 Å². The second-order valence-corrected chi connectivity index (χ2v) is 3.08. The molecule has 1 amide bonds. The molecule has 0 aliphatic carbocycles. The summed E-state index contributed by atoms with van der Waals surface area (Å²) < 4.78 is 9.53. The van der Waals surface area contributed by atoms with Crippen LogP contribution in [0, 0.1) is 0 Å². The van der Waals surface area contributed by atoms with E-state index in [9.17, 15) is 9.59 Å². The van der Waals surface area contributed by atoms with Gasteiger partial charge in [-0.2, -0.15) is 0 Å². The van der Waals surface area contributed by atoms with Crippen molar-refractivity contribution >= 4 is 18.5 Å². The first-order valence-corrected chi connectivity index (χ1v) is 4.85. The van der Waals surface area contributed by atoms with Crippen molar-refractivity contribution in [1.82, 2.24) is 5.32 Å². The lowest BCUT2D eigenvalue weighted by Crippen LogP contribution is -2.19. The van der Waals surface area contributed by atoms with Crippen molar-refractivity contribution in [2.24, 2.45) is 0 Å². The quantitative estimate of drug-likeness (QED) is 0.469. The molecule has 0 bridgehead atoms. The summed E-state index contributed by atoms with van der Waals surface area (Å²) in [7, 11) is 2.81. The molecule has 1 rings (SSSR count). The van der Waals surface area contributed by atoms with Gasteiger partial charge in [-0.25, -0.2) is 4.79 Å². The maximum absolute atomic E-state index is 11.3. The van der Waals surface area contributed by atoms with E-state index in [1.807, 2.05) is 0 Å². The summed E-state index contributed by atoms with van der Waals surface area (Å²) in [5.41, 5.74) is 0.827. The molecule has 17 heavy (non-hydrogen) atoms. The summed E-state index contributed by atoms with van der Waals surface area (Å²) in [6.45, 7) is 0. The summed E-state index contributed by atoms with van der Waals surface area (Å²) in [4.78, 5) is 21.6. The number of ether oxygens (including phenoxy) is 2. The van der Waals surface area contributed by atoms with Crippen molar-refractivity contribution in [2.45, 2.75) is 0 Å². The average Bonchev–Trinajstić information content (AvgIpc) is 2.38. The first-order valence-electron chi connectivity index (χ1n) is 4.85. The van der Waals surface area contributed by atoms with Gasteiger partial charge in [0.25, 0.3) is 0 Å². The van der Waals surface area contributed by atoms with Crippen LogP contribution in [0.2, 0.25) is 0 Å². The van der Waals surface area contributed by atoms with Gasteiger partial charge in [-0.1, -0.05) is 12.1 Å². The Morgan fingerprint density at radius 2 is 1.88 bits per heavy atom. The number of esters is 1. The van der Waals surface area contributed by atoms with Crippen LogP contribution >= 0.6 is 0 Å². The van der Waals surface area contributed by atoms with E-state index in [4.69, 9.17) is 4.74 Å². The normalized spacial score (nSPS) is 10.6. The standard InChI is InChI=1S/C12H13NO4/c1-16-10-5-3-9(4-6-10)7-11(13-8-14)12(15)17-2/h3-8H,1-2H3,(H,13,14)/b11-7-. The van der Waals surface area contributed by atoms with Crippen molar-refractivity contribution in [1.29, 1.82) is 0 Å². The van der Waals surface area contributed by atoms with Gasteiger partial charge < -0.3 is 14.8 Å². The summed E-state index contributed by atoms with van der Waals surface area (Å²) in [5.74, 6) is 0.109. The predicted octanol–water partition coefficient (Wildman–Crippen LogP) is 0.955. The monoisotopic (exact) mass is 235 g/mol. The molecule has 1 N–H and O–H groups in total. The summed E-state index contributed by atoms with van der Waals surface area (Å²) in [6.07, 6.45) is 1.94. The molecule has 90 valence electrons. The SMILES string of the molecule is COC(=O)/C(=C/c1ccc(OC)cc1)NC=O. The van der Waals surface area contributed by atoms with E-state index in [-0.39, 0.29) is 5.70 Å². The molecule has 0 aliphatic heterocycles. The highest BCUT2D eigenvalue weighted by molar-refractivity contribution is 5.95. The fourth-order valence-corrected chi connectivity index (χ4v) is 1.20. The Kier molecular flexibility index (Phi) is 4.75. The van der Waals surface area contributed by atoms with Gasteiger partial charge in [0, 0.05) is 0 Å². The third-order valence-corrected chi connectivity index (χ3v) is 2.05. The lowest BCUT2D eigenvalue weighted by molar-refractivity contribution is -0.137. The molecular weight excluding hydrogens is 222 g/mol. The molecule has 0 aliphatic rings. The van der Waals surface area contributed by atoms with E-state index in [0.717, 1.165) is 5.56 Å². The maximum Gasteiger partial charge on any atom is 0.354 e. The molecule has 0 atom stereocenters. The van der Waals surface area contributed by atoms with Crippen LogP contribution in [0.1, 0.15) is 5.56 Å². The highest BCUT2D eigenvalue weighted by Gasteiger charge is 2.08. The van der Waals surface area contributed by atoms with Crippen LogP contribution < -0.4 is 10.1 Å². The molecule has 5 heteroatoms. The first kappa shape index (κ1) is 12.8. The zero-order chi connectivity index (χ0) is 12.7. The van der Waals surface area contributed by atoms with Crippen LogP contribution in [0.5, 0.6) is 5.75 Å². The van der Waals surface area contributed by atoms with Gasteiger partial charge in [0.05, 0.1) is 14.2 Å². The Morgan fingerprint density at radius 1 is 1.24 bits per heavy atom. The zero-order valence-electron chi connectivity index (χ0n) is 9.60. The van der Waals surface area contributed by atoms with Crippen LogP contribution in [0.4, 0.5) is 0 Å². The molecule has 0 heterocycles. The number of methoxy groups -OCH3 is 2. The topological polar surface area (TPSA) is 64.6 Å². The van der Waals surface area contributed by atoms with Crippen LogP contribution in [-0.4, -0.2) is 26.6 Å². The maximum atomic E-state index is 11.3. The van der Waals surface area contributed by atoms with Gasteiger partial charge >= 0.3 is 5.97 Å². The van der Waals surface area contributed by atoms with E-state index < -0.39 is 5.97 Å². The third kappa shape index (κ3) is 3.64. The average molecular weight is 235 g/mol. The van der Waals surface area contributed by atoms with Gasteiger partial charge in [-0.3, -0.25) is 4.79 Å². The van der Waals surface area contributed by atoms with Crippen LogP contribution in [0.3, 0.4) is 0 Å². The van der Waals surface area contributed by atoms with Crippen molar-refractivity contribution in [3.63, 3.8) is 0 Å². The number of hydrogen-bond acceptors (Lipinski definition) is 4. The molecule has 0 unspecified atom stereocenters. The first-order chi connectivity index (χ1) is 8.21. The van der Waals surface area contributed by atoms with Crippen molar-refractivity contribution in [3.8, 4) is 5.75 Å². The predicted molar refractivity (Wildman–Crippen MR) is 62.2 cm³/mol. The number of nitrogens with one attached hydrogen (secondary N) is 1. The van der Waals surface area contributed by atoms with E-state index in [1.54, 1.807) is 31.4 Å². The minimum Gasteiger partial charge on any atom is -0.497 e. The van der Waals surface area contributed by atoms with Crippen LogP contribution in [0.15, 0.2) is 30.0 Å². The molecule has 0 fully saturated rings. The molecular formula is C12H13NO4. The summed E-state index contributed by atoms with van der Waals surface area (Å²) >= 11 is 0. The Balaban J connectivity index is 2.95. The summed E-state index contributed by atoms with van der Waals surface area (Å²) in [6, 6.07) is 7.02. The van der Waals surface area contributed by atoms with Crippen molar-refractivity contribution in [2.75, 3.05) is 14.2 Å². The zero-order valence-corrected chi connectivity index (χ0v) is 9.60. The van der Waals surface area contributed by atoms with Gasteiger partial charge in [0.2, 0.25) is 6.41 Å². The van der Waals surface area contributed by atoms with Crippen LogP contribution in [0.25, 0.3) is 6.08 Å². The Morgan fingerprint density at radius 3 is 2.35 bits per heavy atom. The van der Waals surface area contributed by atoms with Gasteiger partial charge in [0.1, 0.15) is 11.4 Å². The molecule has 1 aromatic rings. The fraction of sp³-hybridized carbons (Fsp3) is 0.167. The molecule has 0 spiro atoms. The second kappa shape index (κ2) is 6.32. The van der Waals surface area contributed by atoms with E-state index in [1.165, 1.54) is 13.2 Å². The van der Waals surface area contributed by atoms with Crippen molar-refractivity contribution < 1.29 is 19.1 Å². The summed E-state index contributed by atoms with van der Waals surface area (Å²) in [5, 5.41) is 2.29. The Labute approximate surface area is 99.0 Å². The number of benzene rings is 1. The van der Waals surface area contributed by atoms with Crippen LogP contribution in [-0.2, 0) is 14.3 Å². The number of carbonyl (C=O) groups is 2. The van der Waals surface area contributed by atoms with E-state index >= 15 is 0 Å². The molecule has 0 saturated carbocycles. The van der Waals surface area contributed by atoms with Gasteiger partial charge in [0.15, 0.2) is 0 Å². The minimum absolute atomic E-state index is 0.0765. The number of carbonyl (C=O) groups excluding carboxylic acids is 2. The van der Waals surface area contributed by atoms with E-state index in [0.29, 0.717) is 12.2 Å². The molecule has 0 radical (unpaired) electrons. The number of hydrogen-bond donors (Lipinski definition) is 1. The van der Waals surface area contributed by atoms with Gasteiger partial charge in [-0.15, -0.1) is 0 Å². The molecule has 5 nitrogen and oxygen atoms in total. The second-order valence-electron chi connectivity index (χ2n) is 3.08. The smallest absolute Gasteiger partial charge is 0.354 e. The highest BCUT2D eigenvalue weighted by atomic mass is 16.5. The minimum atomic E-state index is -0.604. The molecule has 0 saturated heterocycles. The number of amides is 1. The molecule has 1 aromatic carbocycles. The Bertz CT molecular complexity index is 423. The van der Waals surface area contributed by atoms with Crippen molar-refractivity contribution in [3.05, 3.63) is 35.5 Å². The molecule has 0 aromatic heterocycles. The largest absolute Gasteiger partial charge is 0.497 e. The highest BCUT2D eigenvalue weighted by Crippen LogP contribution is 2.13. The fourth-order valence-electron chi connectivity index (χ4n) is 1.20.